The molecule has 4 rings (SSSR count). The van der Waals surface area contributed by atoms with Gasteiger partial charge in [-0.3, -0.25) is 19.3 Å². The van der Waals surface area contributed by atoms with Crippen LogP contribution in [0.15, 0.2) is 53.9 Å². The van der Waals surface area contributed by atoms with E-state index in [2.05, 4.69) is 10.3 Å². The van der Waals surface area contributed by atoms with Gasteiger partial charge in [0.25, 0.3) is 5.91 Å². The third-order valence-electron chi connectivity index (χ3n) is 4.79. The van der Waals surface area contributed by atoms with Crippen molar-refractivity contribution in [1.29, 1.82) is 0 Å². The van der Waals surface area contributed by atoms with E-state index in [0.717, 1.165) is 0 Å². The highest BCUT2D eigenvalue weighted by molar-refractivity contribution is 7.09. The van der Waals surface area contributed by atoms with Gasteiger partial charge >= 0.3 is 5.97 Å². The summed E-state index contributed by atoms with van der Waals surface area (Å²) in [5.41, 5.74) is 1.57. The number of carbonyl (C=O) groups is 3. The van der Waals surface area contributed by atoms with E-state index in [1.54, 1.807) is 29.6 Å². The van der Waals surface area contributed by atoms with Crippen molar-refractivity contribution in [3.8, 4) is 5.75 Å². The molecule has 0 saturated carbocycles. The molecular weight excluding hydrogens is 449 g/mol. The first-order chi connectivity index (χ1) is 15.9. The number of esters is 1. The third-order valence-corrected chi connectivity index (χ3v) is 5.66. The second kappa shape index (κ2) is 9.78. The van der Waals surface area contributed by atoms with Crippen LogP contribution in [-0.2, 0) is 32.1 Å². The molecule has 1 unspecified atom stereocenters. The van der Waals surface area contributed by atoms with E-state index in [1.807, 2.05) is 0 Å². The molecule has 1 atom stereocenters. The Hall–Kier alpha value is -3.79. The van der Waals surface area contributed by atoms with Crippen LogP contribution >= 0.6 is 11.3 Å². The Morgan fingerprint density at radius 2 is 1.97 bits per heavy atom. The summed E-state index contributed by atoms with van der Waals surface area (Å²) < 4.78 is 23.8. The molecule has 0 saturated heterocycles. The zero-order valence-corrected chi connectivity index (χ0v) is 18.4. The smallest absolute Gasteiger partial charge is 0.312 e. The summed E-state index contributed by atoms with van der Waals surface area (Å²) in [6, 6.07) is 12.6. The van der Waals surface area contributed by atoms with Crippen LogP contribution in [0.25, 0.3) is 0 Å². The number of nitrogens with one attached hydrogen (secondary N) is 1. The molecule has 0 fully saturated rings. The number of hydrogen-bond donors (Lipinski definition) is 1. The number of amides is 2. The van der Waals surface area contributed by atoms with Crippen molar-refractivity contribution in [1.82, 2.24) is 4.98 Å². The molecule has 10 heteroatoms. The van der Waals surface area contributed by atoms with Crippen molar-refractivity contribution in [2.24, 2.45) is 0 Å². The van der Waals surface area contributed by atoms with Crippen molar-refractivity contribution in [2.75, 3.05) is 16.8 Å². The molecule has 2 aromatic carbocycles. The van der Waals surface area contributed by atoms with Gasteiger partial charge < -0.3 is 14.8 Å². The minimum atomic E-state index is -1.07. The van der Waals surface area contributed by atoms with E-state index in [-0.39, 0.29) is 31.3 Å². The van der Waals surface area contributed by atoms with Gasteiger partial charge in [0.05, 0.1) is 23.5 Å². The van der Waals surface area contributed by atoms with Crippen LogP contribution in [0, 0.1) is 5.82 Å². The minimum Gasteiger partial charge on any atom is -0.486 e. The molecule has 0 bridgehead atoms. The first kappa shape index (κ1) is 22.4. The topological polar surface area (TPSA) is 97.8 Å². The Morgan fingerprint density at radius 3 is 2.76 bits per heavy atom. The standard InChI is InChI=1S/C23H20FN3O5S/c1-14(23(30)27-11-20(28)26-18-4-2-3-5-19(18)27)32-22(29)10-16-13-33-21(25-16)12-31-17-8-6-15(24)7-9-17/h2-9,13-14H,10-12H2,1H3,(H,26,28). The quantitative estimate of drug-likeness (QED) is 0.533. The lowest BCUT2D eigenvalue weighted by atomic mass is 10.1. The Morgan fingerprint density at radius 1 is 1.21 bits per heavy atom. The SMILES string of the molecule is CC(OC(=O)Cc1csc(COc2ccc(F)cc2)n1)C(=O)N1CC(=O)Nc2ccccc21. The van der Waals surface area contributed by atoms with E-state index in [1.165, 1.54) is 47.4 Å². The van der Waals surface area contributed by atoms with Crippen molar-refractivity contribution in [3.05, 3.63) is 70.4 Å². The van der Waals surface area contributed by atoms with Crippen molar-refractivity contribution in [2.45, 2.75) is 26.1 Å². The average molecular weight is 469 g/mol. The average Bonchev–Trinajstić information content (AvgIpc) is 3.24. The fourth-order valence-electron chi connectivity index (χ4n) is 3.26. The number of carbonyl (C=O) groups excluding carboxylic acids is 3. The van der Waals surface area contributed by atoms with Crippen molar-refractivity contribution in [3.63, 3.8) is 0 Å². The first-order valence-corrected chi connectivity index (χ1v) is 11.0. The highest BCUT2D eigenvalue weighted by atomic mass is 32.1. The largest absolute Gasteiger partial charge is 0.486 e. The molecule has 2 amide bonds. The minimum absolute atomic E-state index is 0.109. The number of anilines is 2. The van der Waals surface area contributed by atoms with Crippen LogP contribution in [0.3, 0.4) is 0 Å². The van der Waals surface area contributed by atoms with Crippen molar-refractivity contribution < 1.29 is 28.2 Å². The summed E-state index contributed by atoms with van der Waals surface area (Å²) >= 11 is 1.32. The molecule has 2 heterocycles. The van der Waals surface area contributed by atoms with Crippen LogP contribution in [0.2, 0.25) is 0 Å². The van der Waals surface area contributed by atoms with Gasteiger partial charge in [0.15, 0.2) is 6.10 Å². The highest BCUT2D eigenvalue weighted by Gasteiger charge is 2.31. The number of ether oxygens (including phenoxy) is 2. The maximum Gasteiger partial charge on any atom is 0.312 e. The zero-order valence-electron chi connectivity index (χ0n) is 17.6. The van der Waals surface area contributed by atoms with Gasteiger partial charge in [-0.15, -0.1) is 11.3 Å². The number of thiazole rings is 1. The molecule has 0 radical (unpaired) electrons. The molecule has 1 aliphatic heterocycles. The van der Waals surface area contributed by atoms with Gasteiger partial charge in [-0.05, 0) is 43.3 Å². The fourth-order valence-corrected chi connectivity index (χ4v) is 3.96. The van der Waals surface area contributed by atoms with Crippen LogP contribution in [0.5, 0.6) is 5.75 Å². The number of rotatable bonds is 7. The van der Waals surface area contributed by atoms with Crippen LogP contribution in [0.4, 0.5) is 15.8 Å². The summed E-state index contributed by atoms with van der Waals surface area (Å²) in [5.74, 6) is -1.26. The maximum absolute atomic E-state index is 13.0. The van der Waals surface area contributed by atoms with Crippen molar-refractivity contribution >= 4 is 40.5 Å². The van der Waals surface area contributed by atoms with E-state index in [0.29, 0.717) is 27.8 Å². The number of para-hydroxylation sites is 2. The number of halogens is 1. The third kappa shape index (κ3) is 5.53. The first-order valence-electron chi connectivity index (χ1n) is 10.1. The van der Waals surface area contributed by atoms with E-state index in [9.17, 15) is 18.8 Å². The second-order valence-corrected chi connectivity index (χ2v) is 8.22. The normalized spacial score (nSPS) is 13.6. The summed E-state index contributed by atoms with van der Waals surface area (Å²) in [6.07, 6.45) is -1.18. The van der Waals surface area contributed by atoms with Crippen LogP contribution in [0.1, 0.15) is 17.6 Å². The lowest BCUT2D eigenvalue weighted by molar-refractivity contribution is -0.153. The fraction of sp³-hybridized carbons (Fsp3) is 0.217. The van der Waals surface area contributed by atoms with Gasteiger partial charge in [0.2, 0.25) is 5.91 Å². The molecule has 33 heavy (non-hydrogen) atoms. The Kier molecular flexibility index (Phi) is 6.64. The monoisotopic (exact) mass is 469 g/mol. The Balaban J connectivity index is 1.31. The van der Waals surface area contributed by atoms with Crippen LogP contribution < -0.4 is 15.0 Å². The number of hydrogen-bond acceptors (Lipinski definition) is 7. The molecule has 0 spiro atoms. The van der Waals surface area contributed by atoms with E-state index >= 15 is 0 Å². The lowest BCUT2D eigenvalue weighted by Crippen LogP contribution is -2.47. The number of fused-ring (bicyclic) bond motifs is 1. The van der Waals surface area contributed by atoms with Gasteiger partial charge in [0.1, 0.15) is 29.7 Å². The van der Waals surface area contributed by atoms with E-state index in [4.69, 9.17) is 9.47 Å². The molecular formula is C23H20FN3O5S. The number of benzene rings is 2. The van der Waals surface area contributed by atoms with Gasteiger partial charge in [0, 0.05) is 5.38 Å². The molecule has 8 nitrogen and oxygen atoms in total. The van der Waals surface area contributed by atoms with E-state index < -0.39 is 18.0 Å². The molecule has 1 aliphatic rings. The molecule has 1 N–H and O–H groups in total. The Bertz CT molecular complexity index is 1180. The molecule has 1 aromatic heterocycles. The van der Waals surface area contributed by atoms with Gasteiger partial charge in [-0.25, -0.2) is 9.37 Å². The predicted molar refractivity (Wildman–Crippen MR) is 120 cm³/mol. The highest BCUT2D eigenvalue weighted by Crippen LogP contribution is 2.29. The lowest BCUT2D eigenvalue weighted by Gasteiger charge is -2.30. The van der Waals surface area contributed by atoms with Gasteiger partial charge in [-0.2, -0.15) is 0 Å². The van der Waals surface area contributed by atoms with Gasteiger partial charge in [-0.1, -0.05) is 12.1 Å². The molecule has 3 aromatic rings. The molecule has 0 aliphatic carbocycles. The Labute approximate surface area is 193 Å². The number of aromatic nitrogens is 1. The maximum atomic E-state index is 13.0. The summed E-state index contributed by atoms with van der Waals surface area (Å²) in [7, 11) is 0. The second-order valence-electron chi connectivity index (χ2n) is 7.27. The molecule has 170 valence electrons. The summed E-state index contributed by atoms with van der Waals surface area (Å²) in [5, 5.41) is 5.06. The van der Waals surface area contributed by atoms with Crippen LogP contribution in [-0.4, -0.2) is 35.4 Å². The summed E-state index contributed by atoms with van der Waals surface area (Å²) in [4.78, 5) is 42.8. The zero-order chi connectivity index (χ0) is 23.4. The number of nitrogens with zero attached hydrogens (tertiary/aromatic N) is 2. The summed E-state index contributed by atoms with van der Waals surface area (Å²) in [6.45, 7) is 1.50. The predicted octanol–water partition coefficient (Wildman–Crippen LogP) is 3.32.